The van der Waals surface area contributed by atoms with Gasteiger partial charge in [0.25, 0.3) is 0 Å². The van der Waals surface area contributed by atoms with Crippen molar-refractivity contribution in [2.24, 2.45) is 0 Å². The zero-order valence-corrected chi connectivity index (χ0v) is 17.5. The molecule has 2 aromatic heterocycles. The molecule has 7 heteroatoms. The summed E-state index contributed by atoms with van der Waals surface area (Å²) in [5.41, 5.74) is 3.63. The minimum atomic E-state index is 0.108. The number of phenols is 1. The fourth-order valence-corrected chi connectivity index (χ4v) is 3.51. The largest absolute Gasteiger partial charge is 0.504 e. The number of fused-ring (bicyclic) bond motifs is 1. The van der Waals surface area contributed by atoms with E-state index in [2.05, 4.69) is 26.3 Å². The number of aromatic nitrogens is 3. The van der Waals surface area contributed by atoms with Crippen molar-refractivity contribution < 1.29 is 14.6 Å². The van der Waals surface area contributed by atoms with Crippen molar-refractivity contribution in [1.29, 1.82) is 0 Å². The maximum atomic E-state index is 9.93. The molecule has 4 aromatic rings. The lowest BCUT2D eigenvalue weighted by atomic mass is 10.0. The Morgan fingerprint density at radius 2 is 1.90 bits per heavy atom. The quantitative estimate of drug-likeness (QED) is 0.438. The van der Waals surface area contributed by atoms with Gasteiger partial charge in [0.05, 0.1) is 24.9 Å². The number of benzene rings is 2. The number of hydrogen-bond donors (Lipinski definition) is 2. The lowest BCUT2D eigenvalue weighted by Crippen LogP contribution is -2.08. The molecule has 0 unspecified atom stereocenters. The SMILES string of the molecule is CCOc1cc(-c2cc(NCCc3c(OC)ccc4ncccc34)ncn2)ccc1O. The Labute approximate surface area is 180 Å². The highest BCUT2D eigenvalue weighted by Crippen LogP contribution is 2.31. The predicted octanol–water partition coefficient (Wildman–Crippen LogP) is 4.46. The van der Waals surface area contributed by atoms with Crippen LogP contribution in [-0.2, 0) is 6.42 Å². The van der Waals surface area contributed by atoms with Crippen molar-refractivity contribution in [3.8, 4) is 28.5 Å². The highest BCUT2D eigenvalue weighted by atomic mass is 16.5. The summed E-state index contributed by atoms with van der Waals surface area (Å²) >= 11 is 0. The predicted molar refractivity (Wildman–Crippen MR) is 121 cm³/mol. The number of nitrogens with one attached hydrogen (secondary N) is 1. The van der Waals surface area contributed by atoms with Crippen molar-refractivity contribution in [2.45, 2.75) is 13.3 Å². The Morgan fingerprint density at radius 1 is 1.00 bits per heavy atom. The molecule has 0 spiro atoms. The first kappa shape index (κ1) is 20.4. The average molecular weight is 416 g/mol. The smallest absolute Gasteiger partial charge is 0.161 e. The summed E-state index contributed by atoms with van der Waals surface area (Å²) in [5.74, 6) is 2.10. The Morgan fingerprint density at radius 3 is 2.74 bits per heavy atom. The first-order valence-corrected chi connectivity index (χ1v) is 10.1. The van der Waals surface area contributed by atoms with Gasteiger partial charge in [-0.1, -0.05) is 6.07 Å². The highest BCUT2D eigenvalue weighted by Gasteiger charge is 2.10. The van der Waals surface area contributed by atoms with Gasteiger partial charge in [0.2, 0.25) is 0 Å². The van der Waals surface area contributed by atoms with E-state index in [0.29, 0.717) is 24.7 Å². The van der Waals surface area contributed by atoms with E-state index in [9.17, 15) is 5.11 Å². The van der Waals surface area contributed by atoms with E-state index < -0.39 is 0 Å². The first-order chi connectivity index (χ1) is 15.2. The molecule has 158 valence electrons. The van der Waals surface area contributed by atoms with Crippen LogP contribution in [0.25, 0.3) is 22.2 Å². The third kappa shape index (κ3) is 4.50. The molecule has 31 heavy (non-hydrogen) atoms. The zero-order valence-electron chi connectivity index (χ0n) is 17.5. The fourth-order valence-electron chi connectivity index (χ4n) is 3.51. The second-order valence-electron chi connectivity index (χ2n) is 6.90. The molecule has 0 saturated heterocycles. The van der Waals surface area contributed by atoms with Gasteiger partial charge in [0.1, 0.15) is 17.9 Å². The van der Waals surface area contributed by atoms with Crippen LogP contribution in [0.4, 0.5) is 5.82 Å². The van der Waals surface area contributed by atoms with Crippen molar-refractivity contribution in [3.05, 3.63) is 66.6 Å². The van der Waals surface area contributed by atoms with Gasteiger partial charge in [-0.05, 0) is 49.7 Å². The van der Waals surface area contributed by atoms with E-state index >= 15 is 0 Å². The van der Waals surface area contributed by atoms with Gasteiger partial charge in [-0.15, -0.1) is 0 Å². The lowest BCUT2D eigenvalue weighted by Gasteiger charge is -2.13. The summed E-state index contributed by atoms with van der Waals surface area (Å²) in [6, 6.07) is 15.0. The summed E-state index contributed by atoms with van der Waals surface area (Å²) in [6.45, 7) is 3.02. The molecule has 0 aliphatic rings. The molecule has 2 N–H and O–H groups in total. The van der Waals surface area contributed by atoms with Gasteiger partial charge in [-0.25, -0.2) is 9.97 Å². The standard InChI is InChI=1S/C24H24N4O3/c1-3-31-23-13-16(6-8-21(23)29)20-14-24(28-15-27-20)26-12-10-18-17-5-4-11-25-19(17)7-9-22(18)30-2/h4-9,11,13-15,29H,3,10,12H2,1-2H3,(H,26,27,28). The minimum Gasteiger partial charge on any atom is -0.504 e. The highest BCUT2D eigenvalue weighted by molar-refractivity contribution is 5.84. The Hall–Kier alpha value is -3.87. The number of hydrogen-bond acceptors (Lipinski definition) is 7. The van der Waals surface area contributed by atoms with Crippen LogP contribution in [0, 0.1) is 0 Å². The van der Waals surface area contributed by atoms with Crippen LogP contribution in [0.1, 0.15) is 12.5 Å². The van der Waals surface area contributed by atoms with Crippen LogP contribution < -0.4 is 14.8 Å². The summed E-state index contributed by atoms with van der Waals surface area (Å²) < 4.78 is 11.0. The first-order valence-electron chi connectivity index (χ1n) is 10.1. The molecule has 0 aliphatic carbocycles. The third-order valence-corrected chi connectivity index (χ3v) is 4.98. The molecule has 4 rings (SSSR count). The maximum Gasteiger partial charge on any atom is 0.161 e. The fraction of sp³-hybridized carbons (Fsp3) is 0.208. The number of aromatic hydroxyl groups is 1. The number of ether oxygens (including phenoxy) is 2. The molecule has 0 aliphatic heterocycles. The summed E-state index contributed by atoms with van der Waals surface area (Å²) in [7, 11) is 1.68. The number of methoxy groups -OCH3 is 1. The Bertz CT molecular complexity index is 1200. The summed E-state index contributed by atoms with van der Waals surface area (Å²) in [4.78, 5) is 13.1. The van der Waals surface area contributed by atoms with Gasteiger partial charge in [0, 0.05) is 35.3 Å². The minimum absolute atomic E-state index is 0.108. The Kier molecular flexibility index (Phi) is 6.12. The average Bonchev–Trinajstić information content (AvgIpc) is 2.81. The normalized spacial score (nSPS) is 10.8. The van der Waals surface area contributed by atoms with Crippen LogP contribution in [0.3, 0.4) is 0 Å². The van der Waals surface area contributed by atoms with Crippen LogP contribution in [0.2, 0.25) is 0 Å². The molecule has 2 heterocycles. The lowest BCUT2D eigenvalue weighted by molar-refractivity contribution is 0.318. The second-order valence-corrected chi connectivity index (χ2v) is 6.90. The van der Waals surface area contributed by atoms with Crippen LogP contribution in [-0.4, -0.2) is 40.3 Å². The van der Waals surface area contributed by atoms with Crippen LogP contribution in [0.5, 0.6) is 17.2 Å². The molecule has 0 amide bonds. The van der Waals surface area contributed by atoms with E-state index in [1.54, 1.807) is 31.5 Å². The van der Waals surface area contributed by atoms with Gasteiger partial charge in [0.15, 0.2) is 11.5 Å². The second kappa shape index (κ2) is 9.30. The molecule has 0 fully saturated rings. The van der Waals surface area contributed by atoms with E-state index in [1.165, 1.54) is 6.33 Å². The molecule has 0 bridgehead atoms. The maximum absolute atomic E-state index is 9.93. The summed E-state index contributed by atoms with van der Waals surface area (Å²) in [5, 5.41) is 14.4. The van der Waals surface area contributed by atoms with Gasteiger partial charge in [-0.3, -0.25) is 4.98 Å². The summed E-state index contributed by atoms with van der Waals surface area (Å²) in [6.07, 6.45) is 4.06. The van der Waals surface area contributed by atoms with Crippen molar-refractivity contribution in [2.75, 3.05) is 25.6 Å². The molecule has 2 aromatic carbocycles. The molecule has 0 saturated carbocycles. The van der Waals surface area contributed by atoms with Gasteiger partial charge in [-0.2, -0.15) is 0 Å². The molecule has 0 atom stereocenters. The van der Waals surface area contributed by atoms with Crippen molar-refractivity contribution in [1.82, 2.24) is 15.0 Å². The van der Waals surface area contributed by atoms with Crippen molar-refractivity contribution >= 4 is 16.7 Å². The third-order valence-electron chi connectivity index (χ3n) is 4.98. The van der Waals surface area contributed by atoms with Gasteiger partial charge < -0.3 is 19.9 Å². The molecule has 0 radical (unpaired) electrons. The van der Waals surface area contributed by atoms with Gasteiger partial charge >= 0.3 is 0 Å². The van der Waals surface area contributed by atoms with E-state index in [-0.39, 0.29) is 5.75 Å². The van der Waals surface area contributed by atoms with E-state index in [0.717, 1.165) is 39.9 Å². The Balaban J connectivity index is 1.51. The monoisotopic (exact) mass is 416 g/mol. The molecular weight excluding hydrogens is 392 g/mol. The van der Waals surface area contributed by atoms with Crippen molar-refractivity contribution in [3.63, 3.8) is 0 Å². The van der Waals surface area contributed by atoms with Crippen LogP contribution >= 0.6 is 0 Å². The number of anilines is 1. The zero-order chi connectivity index (χ0) is 21.6. The van der Waals surface area contributed by atoms with E-state index in [1.807, 2.05) is 31.2 Å². The molecular formula is C24H24N4O3. The van der Waals surface area contributed by atoms with Crippen LogP contribution in [0.15, 0.2) is 61.1 Å². The number of pyridine rings is 1. The topological polar surface area (TPSA) is 89.4 Å². The molecule has 7 nitrogen and oxygen atoms in total. The number of phenolic OH excluding ortho intramolecular Hbond substituents is 1. The number of nitrogens with zero attached hydrogens (tertiary/aromatic N) is 3. The van der Waals surface area contributed by atoms with E-state index in [4.69, 9.17) is 9.47 Å². The number of rotatable bonds is 8.